The number of carbonyl (C=O) groups excluding carboxylic acids is 1. The zero-order valence-corrected chi connectivity index (χ0v) is 11.8. The smallest absolute Gasteiger partial charge is 0.237 e. The van der Waals surface area contributed by atoms with Gasteiger partial charge in [0.25, 0.3) is 0 Å². The van der Waals surface area contributed by atoms with Crippen LogP contribution in [-0.4, -0.2) is 22.4 Å². The van der Waals surface area contributed by atoms with Crippen LogP contribution < -0.4 is 5.73 Å². The average Bonchev–Trinajstić information content (AvgIpc) is 2.86. The number of primary amides is 1. The highest BCUT2D eigenvalue weighted by atomic mass is 35.5. The van der Waals surface area contributed by atoms with E-state index in [4.69, 9.17) is 5.73 Å². The number of halogens is 1. The van der Waals surface area contributed by atoms with Crippen LogP contribution in [0.2, 0.25) is 0 Å². The zero-order chi connectivity index (χ0) is 11.9. The first-order chi connectivity index (χ1) is 8.22. The summed E-state index contributed by atoms with van der Waals surface area (Å²) in [6.07, 6.45) is 6.19. The van der Waals surface area contributed by atoms with Gasteiger partial charge in [0.15, 0.2) is 0 Å². The van der Waals surface area contributed by atoms with Gasteiger partial charge in [-0.1, -0.05) is 6.07 Å². The lowest BCUT2D eigenvalue weighted by molar-refractivity contribution is -0.130. The standard InChI is InChI=1S/C13H17N2OS.ClH/c14-12(16)13-6-1-3-10(5-7-13)15(13)9-11-4-2-8-17-11;/h1-2,4,8,10H,3,5-7,9H2,(H2,14,16);1H. The van der Waals surface area contributed by atoms with Gasteiger partial charge in [-0.05, 0) is 43.6 Å². The Labute approximate surface area is 118 Å². The first-order valence-corrected chi connectivity index (χ1v) is 7.01. The van der Waals surface area contributed by atoms with Crippen molar-refractivity contribution in [2.24, 2.45) is 5.73 Å². The van der Waals surface area contributed by atoms with Crippen molar-refractivity contribution in [3.05, 3.63) is 28.8 Å². The summed E-state index contributed by atoms with van der Waals surface area (Å²) in [6.45, 7) is 0.874. The molecule has 0 aliphatic carbocycles. The van der Waals surface area contributed by atoms with E-state index in [1.165, 1.54) is 4.88 Å². The summed E-state index contributed by atoms with van der Waals surface area (Å²) >= 11 is 1.75. The Hall–Kier alpha value is -0.580. The SMILES string of the molecule is Cl.NC(=O)C12C[CH]CC(CC1)N2Cc1cccs1. The van der Waals surface area contributed by atoms with Crippen LogP contribution in [0.25, 0.3) is 0 Å². The number of carbonyl (C=O) groups is 1. The van der Waals surface area contributed by atoms with Crippen molar-refractivity contribution in [3.63, 3.8) is 0 Å². The van der Waals surface area contributed by atoms with Crippen LogP contribution in [0.3, 0.4) is 0 Å². The first-order valence-electron chi connectivity index (χ1n) is 6.13. The van der Waals surface area contributed by atoms with Crippen molar-refractivity contribution in [3.8, 4) is 0 Å². The molecule has 2 unspecified atom stereocenters. The second-order valence-electron chi connectivity index (χ2n) is 5.02. The largest absolute Gasteiger partial charge is 0.368 e. The summed E-state index contributed by atoms with van der Waals surface area (Å²) in [5, 5.41) is 2.09. The molecule has 3 rings (SSSR count). The van der Waals surface area contributed by atoms with Gasteiger partial charge in [-0.15, -0.1) is 23.7 Å². The Morgan fingerprint density at radius 2 is 2.44 bits per heavy atom. The van der Waals surface area contributed by atoms with Crippen LogP contribution in [0.1, 0.15) is 30.6 Å². The summed E-state index contributed by atoms with van der Waals surface area (Å²) < 4.78 is 0. The molecule has 2 aliphatic heterocycles. The van der Waals surface area contributed by atoms with Gasteiger partial charge in [-0.2, -0.15) is 0 Å². The maximum absolute atomic E-state index is 11.8. The second-order valence-corrected chi connectivity index (χ2v) is 6.06. The number of piperidine rings is 1. The predicted octanol–water partition coefficient (Wildman–Crippen LogP) is 2.36. The Morgan fingerprint density at radius 1 is 1.61 bits per heavy atom. The lowest BCUT2D eigenvalue weighted by Gasteiger charge is -2.42. The molecule has 1 amide bonds. The minimum atomic E-state index is -0.396. The molecular formula is C13H18ClN2OS. The fourth-order valence-electron chi connectivity index (χ4n) is 3.25. The molecule has 0 saturated carbocycles. The maximum atomic E-state index is 11.8. The van der Waals surface area contributed by atoms with Gasteiger partial charge < -0.3 is 5.73 Å². The number of thiophene rings is 1. The maximum Gasteiger partial charge on any atom is 0.237 e. The van der Waals surface area contributed by atoms with Crippen LogP contribution in [0, 0.1) is 6.42 Å². The van der Waals surface area contributed by atoms with Crippen molar-refractivity contribution < 1.29 is 4.79 Å². The monoisotopic (exact) mass is 285 g/mol. The lowest BCUT2D eigenvalue weighted by Crippen LogP contribution is -2.57. The number of nitrogens with zero attached hydrogens (tertiary/aromatic N) is 1. The van der Waals surface area contributed by atoms with Gasteiger partial charge >= 0.3 is 0 Å². The molecule has 2 saturated heterocycles. The quantitative estimate of drug-likeness (QED) is 0.927. The van der Waals surface area contributed by atoms with Gasteiger partial charge in [0.1, 0.15) is 5.54 Å². The zero-order valence-electron chi connectivity index (χ0n) is 10.2. The Bertz CT molecular complexity index is 419. The van der Waals surface area contributed by atoms with Crippen LogP contribution in [0.5, 0.6) is 0 Å². The molecule has 2 fully saturated rings. The molecule has 0 spiro atoms. The molecule has 1 aromatic heterocycles. The van der Waals surface area contributed by atoms with Gasteiger partial charge in [-0.3, -0.25) is 9.69 Å². The molecule has 2 atom stereocenters. The van der Waals surface area contributed by atoms with E-state index in [0.29, 0.717) is 6.04 Å². The summed E-state index contributed by atoms with van der Waals surface area (Å²) in [7, 11) is 0. The highest BCUT2D eigenvalue weighted by Gasteiger charge is 2.52. The normalized spacial score (nSPS) is 31.0. The van der Waals surface area contributed by atoms with Crippen molar-refractivity contribution in [2.75, 3.05) is 0 Å². The Kier molecular flexibility index (Phi) is 3.99. The molecular weight excluding hydrogens is 268 g/mol. The lowest BCUT2D eigenvalue weighted by atomic mass is 9.87. The third-order valence-corrected chi connectivity index (χ3v) is 5.03. The third-order valence-electron chi connectivity index (χ3n) is 4.17. The molecule has 1 aromatic rings. The van der Waals surface area contributed by atoms with Gasteiger partial charge in [0.05, 0.1) is 0 Å². The predicted molar refractivity (Wildman–Crippen MR) is 75.6 cm³/mol. The van der Waals surface area contributed by atoms with E-state index >= 15 is 0 Å². The molecule has 2 N–H and O–H groups in total. The van der Waals surface area contributed by atoms with E-state index in [2.05, 4.69) is 28.8 Å². The van der Waals surface area contributed by atoms with E-state index in [9.17, 15) is 4.79 Å². The number of hydrogen-bond donors (Lipinski definition) is 1. The average molecular weight is 286 g/mol. The summed E-state index contributed by atoms with van der Waals surface area (Å²) in [4.78, 5) is 15.5. The molecule has 3 nitrogen and oxygen atoms in total. The minimum Gasteiger partial charge on any atom is -0.368 e. The van der Waals surface area contributed by atoms with Crippen molar-refractivity contribution in [1.82, 2.24) is 4.90 Å². The molecule has 99 valence electrons. The van der Waals surface area contributed by atoms with Crippen molar-refractivity contribution in [1.29, 1.82) is 0 Å². The summed E-state index contributed by atoms with van der Waals surface area (Å²) in [5.41, 5.74) is 5.27. The van der Waals surface area contributed by atoms with Gasteiger partial charge in [0, 0.05) is 17.5 Å². The van der Waals surface area contributed by atoms with Crippen LogP contribution >= 0.6 is 23.7 Å². The molecule has 2 bridgehead atoms. The number of amides is 1. The minimum absolute atomic E-state index is 0. The number of hydrogen-bond acceptors (Lipinski definition) is 3. The number of nitrogens with two attached hydrogens (primary N) is 1. The highest BCUT2D eigenvalue weighted by molar-refractivity contribution is 7.09. The van der Waals surface area contributed by atoms with Gasteiger partial charge in [-0.25, -0.2) is 0 Å². The fourth-order valence-corrected chi connectivity index (χ4v) is 3.95. The van der Waals surface area contributed by atoms with E-state index in [-0.39, 0.29) is 18.3 Å². The van der Waals surface area contributed by atoms with Crippen LogP contribution in [0.4, 0.5) is 0 Å². The molecule has 1 radical (unpaired) electrons. The Balaban J connectivity index is 0.00000120. The first kappa shape index (κ1) is 13.8. The van der Waals surface area contributed by atoms with E-state index in [1.807, 2.05) is 0 Å². The van der Waals surface area contributed by atoms with Crippen LogP contribution in [-0.2, 0) is 11.3 Å². The van der Waals surface area contributed by atoms with E-state index in [0.717, 1.165) is 32.2 Å². The molecule has 18 heavy (non-hydrogen) atoms. The number of fused-ring (bicyclic) bond motifs is 2. The third kappa shape index (κ3) is 2.06. The summed E-state index contributed by atoms with van der Waals surface area (Å²) in [6, 6.07) is 4.71. The van der Waals surface area contributed by atoms with E-state index in [1.54, 1.807) is 11.3 Å². The molecule has 3 heterocycles. The second kappa shape index (κ2) is 5.19. The van der Waals surface area contributed by atoms with Crippen LogP contribution in [0.15, 0.2) is 17.5 Å². The van der Waals surface area contributed by atoms with E-state index < -0.39 is 5.54 Å². The topological polar surface area (TPSA) is 46.3 Å². The fraction of sp³-hybridized carbons (Fsp3) is 0.538. The Morgan fingerprint density at radius 3 is 3.11 bits per heavy atom. The molecule has 0 aromatic carbocycles. The molecule has 5 heteroatoms. The highest BCUT2D eigenvalue weighted by Crippen LogP contribution is 2.44. The number of rotatable bonds is 3. The van der Waals surface area contributed by atoms with Crippen molar-refractivity contribution >= 4 is 29.7 Å². The summed E-state index contributed by atoms with van der Waals surface area (Å²) in [5.74, 6) is -0.146. The van der Waals surface area contributed by atoms with Crippen molar-refractivity contribution in [2.45, 2.75) is 43.8 Å². The molecule has 2 aliphatic rings. The van der Waals surface area contributed by atoms with Gasteiger partial charge in [0.2, 0.25) is 5.91 Å².